The maximum absolute atomic E-state index is 13.9. The monoisotopic (exact) mass is 569 g/mol. The van der Waals surface area contributed by atoms with Crippen LogP contribution in [0.1, 0.15) is 43.9 Å². The summed E-state index contributed by atoms with van der Waals surface area (Å²) in [4.78, 5) is 28.5. The smallest absolute Gasteiger partial charge is 0.264 e. The van der Waals surface area contributed by atoms with Gasteiger partial charge in [0.2, 0.25) is 11.8 Å². The number of anilines is 1. The van der Waals surface area contributed by atoms with Crippen LogP contribution in [0.4, 0.5) is 5.69 Å². The van der Waals surface area contributed by atoms with Crippen molar-refractivity contribution in [1.82, 2.24) is 10.2 Å². The van der Waals surface area contributed by atoms with Crippen molar-refractivity contribution in [1.29, 1.82) is 0 Å². The molecule has 1 N–H and O–H groups in total. The molecule has 0 heterocycles. The van der Waals surface area contributed by atoms with Crippen molar-refractivity contribution in [3.05, 3.63) is 94.5 Å². The molecule has 7 nitrogen and oxygen atoms in total. The minimum absolute atomic E-state index is 0.0437. The molecule has 0 bridgehead atoms. The Balaban J connectivity index is 2.03. The van der Waals surface area contributed by atoms with E-state index < -0.39 is 28.5 Å². The molecule has 0 unspecified atom stereocenters. The highest BCUT2D eigenvalue weighted by Crippen LogP contribution is 2.28. The third kappa shape index (κ3) is 7.61. The lowest BCUT2D eigenvalue weighted by Crippen LogP contribution is -2.52. The van der Waals surface area contributed by atoms with Gasteiger partial charge in [-0.15, -0.1) is 0 Å². The van der Waals surface area contributed by atoms with Gasteiger partial charge in [0.1, 0.15) is 12.6 Å². The number of nitrogens with one attached hydrogen (secondary N) is 1. The van der Waals surface area contributed by atoms with Gasteiger partial charge >= 0.3 is 0 Å². The lowest BCUT2D eigenvalue weighted by Gasteiger charge is -2.32. The van der Waals surface area contributed by atoms with Crippen LogP contribution in [0.5, 0.6) is 0 Å². The van der Waals surface area contributed by atoms with Gasteiger partial charge in [0.15, 0.2) is 0 Å². The normalized spacial score (nSPS) is 12.9. The van der Waals surface area contributed by atoms with Crippen LogP contribution in [-0.2, 0) is 26.2 Å². The van der Waals surface area contributed by atoms with E-state index in [-0.39, 0.29) is 29.1 Å². The van der Waals surface area contributed by atoms with E-state index in [1.165, 1.54) is 23.1 Å². The lowest BCUT2D eigenvalue weighted by molar-refractivity contribution is -0.139. The molecule has 39 heavy (non-hydrogen) atoms. The van der Waals surface area contributed by atoms with Crippen LogP contribution < -0.4 is 9.62 Å². The van der Waals surface area contributed by atoms with Gasteiger partial charge in [-0.05, 0) is 69.5 Å². The van der Waals surface area contributed by atoms with Gasteiger partial charge in [0.25, 0.3) is 10.0 Å². The van der Waals surface area contributed by atoms with E-state index in [4.69, 9.17) is 11.6 Å². The largest absolute Gasteiger partial charge is 0.352 e. The summed E-state index contributed by atoms with van der Waals surface area (Å²) in [5.41, 5.74) is 2.93. The van der Waals surface area contributed by atoms with Crippen LogP contribution in [0.25, 0.3) is 0 Å². The van der Waals surface area contributed by atoms with Gasteiger partial charge in [-0.25, -0.2) is 8.42 Å². The Morgan fingerprint density at radius 1 is 0.949 bits per heavy atom. The third-order valence-electron chi connectivity index (χ3n) is 6.70. The summed E-state index contributed by atoms with van der Waals surface area (Å²) in [5, 5.41) is 3.31. The highest BCUT2D eigenvalue weighted by Gasteiger charge is 2.33. The quantitative estimate of drug-likeness (QED) is 0.331. The van der Waals surface area contributed by atoms with Gasteiger partial charge in [-0.3, -0.25) is 13.9 Å². The second kappa shape index (κ2) is 13.1. The van der Waals surface area contributed by atoms with Crippen molar-refractivity contribution >= 4 is 39.1 Å². The van der Waals surface area contributed by atoms with E-state index in [9.17, 15) is 18.0 Å². The maximum Gasteiger partial charge on any atom is 0.264 e. The molecule has 0 fully saturated rings. The molecule has 2 amide bonds. The second-order valence-corrected chi connectivity index (χ2v) is 12.0. The topological polar surface area (TPSA) is 86.8 Å². The van der Waals surface area contributed by atoms with Gasteiger partial charge in [-0.1, -0.05) is 72.6 Å². The van der Waals surface area contributed by atoms with Crippen molar-refractivity contribution in [2.24, 2.45) is 0 Å². The van der Waals surface area contributed by atoms with E-state index in [2.05, 4.69) is 5.32 Å². The Kier molecular flexibility index (Phi) is 10.2. The molecule has 0 saturated carbocycles. The van der Waals surface area contributed by atoms with E-state index >= 15 is 0 Å². The zero-order valence-electron chi connectivity index (χ0n) is 23.0. The first-order valence-corrected chi connectivity index (χ1v) is 14.7. The Bertz CT molecular complexity index is 1400. The standard InChI is InChI=1S/C30H36ClN3O4S/c1-6-23(4)32-30(36)24(5)33(19-25-15-12-21(2)13-16-25)29(35)20-34(26-17-14-22(3)28(31)18-26)39(37,38)27-10-8-7-9-11-27/h7-18,23-24H,6,19-20H2,1-5H3,(H,32,36)/t23-,24+/m1/s1. The highest BCUT2D eigenvalue weighted by atomic mass is 35.5. The molecule has 3 aromatic carbocycles. The molecular weight excluding hydrogens is 534 g/mol. The number of halogens is 1. The molecule has 2 atom stereocenters. The third-order valence-corrected chi connectivity index (χ3v) is 8.89. The van der Waals surface area contributed by atoms with Crippen molar-refractivity contribution < 1.29 is 18.0 Å². The molecule has 3 rings (SSSR count). The first-order chi connectivity index (χ1) is 18.4. The van der Waals surface area contributed by atoms with E-state index in [0.29, 0.717) is 5.02 Å². The molecular formula is C30H36ClN3O4S. The SMILES string of the molecule is CC[C@@H](C)NC(=O)[C@H](C)N(Cc1ccc(C)cc1)C(=O)CN(c1ccc(C)c(Cl)c1)S(=O)(=O)c1ccccc1. The summed E-state index contributed by atoms with van der Waals surface area (Å²) in [7, 11) is -4.13. The fraction of sp³-hybridized carbons (Fsp3) is 0.333. The molecule has 0 radical (unpaired) electrons. The first-order valence-electron chi connectivity index (χ1n) is 12.9. The van der Waals surface area contributed by atoms with Crippen molar-refractivity contribution in [2.75, 3.05) is 10.8 Å². The number of nitrogens with zero attached hydrogens (tertiary/aromatic N) is 2. The fourth-order valence-corrected chi connectivity index (χ4v) is 5.53. The lowest BCUT2D eigenvalue weighted by atomic mass is 10.1. The van der Waals surface area contributed by atoms with E-state index in [1.54, 1.807) is 37.3 Å². The molecule has 208 valence electrons. The summed E-state index contributed by atoms with van der Waals surface area (Å²) in [6.07, 6.45) is 0.738. The summed E-state index contributed by atoms with van der Waals surface area (Å²) in [6, 6.07) is 19.6. The number of carbonyl (C=O) groups is 2. The summed E-state index contributed by atoms with van der Waals surface area (Å²) in [5.74, 6) is -0.820. The van der Waals surface area contributed by atoms with E-state index in [1.807, 2.05) is 52.0 Å². The van der Waals surface area contributed by atoms with Gasteiger partial charge in [0, 0.05) is 17.6 Å². The first kappa shape index (κ1) is 30.2. The second-order valence-electron chi connectivity index (χ2n) is 9.76. The molecule has 0 aliphatic carbocycles. The minimum atomic E-state index is -4.13. The number of benzene rings is 3. The van der Waals surface area contributed by atoms with Crippen LogP contribution >= 0.6 is 11.6 Å². The van der Waals surface area contributed by atoms with Crippen LogP contribution in [0, 0.1) is 13.8 Å². The van der Waals surface area contributed by atoms with E-state index in [0.717, 1.165) is 27.4 Å². The van der Waals surface area contributed by atoms with Crippen molar-refractivity contribution in [2.45, 2.75) is 64.6 Å². The van der Waals surface area contributed by atoms with Crippen molar-refractivity contribution in [3.63, 3.8) is 0 Å². The average Bonchev–Trinajstić information content (AvgIpc) is 2.92. The zero-order valence-corrected chi connectivity index (χ0v) is 24.6. The maximum atomic E-state index is 13.9. The summed E-state index contributed by atoms with van der Waals surface area (Å²) < 4.78 is 28.7. The number of rotatable bonds is 11. The van der Waals surface area contributed by atoms with Gasteiger partial charge in [-0.2, -0.15) is 0 Å². The number of hydrogen-bond acceptors (Lipinski definition) is 4. The van der Waals surface area contributed by atoms with Crippen LogP contribution in [0.15, 0.2) is 77.7 Å². The molecule has 9 heteroatoms. The molecule has 0 aliphatic rings. The Hall–Kier alpha value is -3.36. The predicted octanol–water partition coefficient (Wildman–Crippen LogP) is 5.48. The molecule has 3 aromatic rings. The Labute approximate surface area is 236 Å². The molecule has 0 spiro atoms. The summed E-state index contributed by atoms with van der Waals surface area (Å²) in [6.45, 7) is 8.92. The van der Waals surface area contributed by atoms with Gasteiger partial charge < -0.3 is 10.2 Å². The number of hydrogen-bond donors (Lipinski definition) is 1. The van der Waals surface area contributed by atoms with Crippen LogP contribution in [0.2, 0.25) is 5.02 Å². The van der Waals surface area contributed by atoms with Crippen LogP contribution in [-0.4, -0.2) is 43.8 Å². The fourth-order valence-electron chi connectivity index (χ4n) is 3.92. The Morgan fingerprint density at radius 2 is 1.59 bits per heavy atom. The summed E-state index contributed by atoms with van der Waals surface area (Å²) >= 11 is 6.36. The number of aryl methyl sites for hydroxylation is 2. The highest BCUT2D eigenvalue weighted by molar-refractivity contribution is 7.92. The zero-order chi connectivity index (χ0) is 28.7. The molecule has 0 saturated heterocycles. The number of sulfonamides is 1. The Morgan fingerprint density at radius 3 is 2.18 bits per heavy atom. The van der Waals surface area contributed by atoms with Crippen molar-refractivity contribution in [3.8, 4) is 0 Å². The van der Waals surface area contributed by atoms with Crippen LogP contribution in [0.3, 0.4) is 0 Å². The average molecular weight is 570 g/mol. The predicted molar refractivity (Wildman–Crippen MR) is 156 cm³/mol. The minimum Gasteiger partial charge on any atom is -0.352 e. The van der Waals surface area contributed by atoms with Gasteiger partial charge in [0.05, 0.1) is 10.6 Å². The number of carbonyl (C=O) groups excluding carboxylic acids is 2. The molecule has 0 aliphatic heterocycles. The number of amides is 2. The molecule has 0 aromatic heterocycles.